The van der Waals surface area contributed by atoms with Crippen LogP contribution in [0.4, 0.5) is 0 Å². The fraction of sp³-hybridized carbons (Fsp3) is 0.938. The Morgan fingerprint density at radius 3 is 1.39 bits per heavy atom. The first-order valence-corrected chi connectivity index (χ1v) is 15.9. The van der Waals surface area contributed by atoms with Crippen molar-refractivity contribution in [2.24, 2.45) is 5.92 Å². The van der Waals surface area contributed by atoms with Crippen molar-refractivity contribution in [1.29, 1.82) is 0 Å². The zero-order valence-corrected chi connectivity index (χ0v) is 24.6. The Kier molecular flexibility index (Phi) is 27.7. The summed E-state index contributed by atoms with van der Waals surface area (Å²) in [5.41, 5.74) is 0. The van der Waals surface area contributed by atoms with Gasteiger partial charge >= 0.3 is 11.9 Å². The molecule has 0 aliphatic heterocycles. The molecule has 0 aliphatic rings. The van der Waals surface area contributed by atoms with E-state index < -0.39 is 0 Å². The molecule has 214 valence electrons. The molecule has 0 rings (SSSR count). The molecule has 0 amide bonds. The summed E-state index contributed by atoms with van der Waals surface area (Å²) >= 11 is 0. The highest BCUT2D eigenvalue weighted by molar-refractivity contribution is 5.69. The molecule has 4 nitrogen and oxygen atoms in total. The zero-order valence-electron chi connectivity index (χ0n) is 24.6. The number of carbonyl (C=O) groups is 2. The van der Waals surface area contributed by atoms with Gasteiger partial charge in [-0.1, -0.05) is 136 Å². The summed E-state index contributed by atoms with van der Waals surface area (Å²) in [5.74, 6) is 0.628. The van der Waals surface area contributed by atoms with Crippen LogP contribution in [0.1, 0.15) is 175 Å². The molecule has 36 heavy (non-hydrogen) atoms. The van der Waals surface area contributed by atoms with Crippen molar-refractivity contribution in [3.63, 3.8) is 0 Å². The molecule has 0 fully saturated rings. The maximum Gasteiger partial charge on any atom is 0.305 e. The highest BCUT2D eigenvalue weighted by Crippen LogP contribution is 2.20. The van der Waals surface area contributed by atoms with E-state index in [1.54, 1.807) is 0 Å². The highest BCUT2D eigenvalue weighted by Gasteiger charge is 2.10. The van der Waals surface area contributed by atoms with Crippen LogP contribution in [0.3, 0.4) is 0 Å². The quantitative estimate of drug-likeness (QED) is 0.0776. The Labute approximate surface area is 225 Å². The van der Waals surface area contributed by atoms with Crippen LogP contribution in [0.15, 0.2) is 0 Å². The number of esters is 2. The van der Waals surface area contributed by atoms with Crippen LogP contribution < -0.4 is 0 Å². The normalized spacial score (nSPS) is 12.0. The van der Waals surface area contributed by atoms with E-state index in [-0.39, 0.29) is 11.9 Å². The van der Waals surface area contributed by atoms with E-state index in [9.17, 15) is 9.59 Å². The molecule has 1 atom stereocenters. The summed E-state index contributed by atoms with van der Waals surface area (Å²) in [6, 6.07) is 0. The molecule has 0 aromatic carbocycles. The minimum atomic E-state index is -0.0135. The van der Waals surface area contributed by atoms with Crippen LogP contribution in [0.2, 0.25) is 0 Å². The topological polar surface area (TPSA) is 52.6 Å². The van der Waals surface area contributed by atoms with E-state index in [0.29, 0.717) is 32.0 Å². The summed E-state index contributed by atoms with van der Waals surface area (Å²) in [7, 11) is 0. The van der Waals surface area contributed by atoms with E-state index >= 15 is 0 Å². The van der Waals surface area contributed by atoms with Crippen LogP contribution >= 0.6 is 0 Å². The summed E-state index contributed by atoms with van der Waals surface area (Å²) in [6.07, 6.45) is 27.6. The lowest BCUT2D eigenvalue weighted by molar-refractivity contribution is -0.145. The lowest BCUT2D eigenvalue weighted by atomic mass is 9.93. The Hall–Kier alpha value is -1.06. The fourth-order valence-electron chi connectivity index (χ4n) is 4.74. The van der Waals surface area contributed by atoms with E-state index in [2.05, 4.69) is 20.8 Å². The molecular weight excluding hydrogens is 448 g/mol. The molecule has 1 unspecified atom stereocenters. The minimum absolute atomic E-state index is 0.00620. The van der Waals surface area contributed by atoms with Crippen molar-refractivity contribution in [2.75, 3.05) is 13.2 Å². The largest absolute Gasteiger partial charge is 0.466 e. The van der Waals surface area contributed by atoms with Gasteiger partial charge in [-0.05, 0) is 31.6 Å². The third-order valence-electron chi connectivity index (χ3n) is 7.35. The van der Waals surface area contributed by atoms with Crippen molar-refractivity contribution in [1.82, 2.24) is 0 Å². The third-order valence-corrected chi connectivity index (χ3v) is 7.35. The van der Waals surface area contributed by atoms with Crippen LogP contribution in [0, 0.1) is 5.92 Å². The highest BCUT2D eigenvalue weighted by atomic mass is 16.5. The number of unbranched alkanes of at least 4 members (excludes halogenated alkanes) is 16. The second-order valence-corrected chi connectivity index (χ2v) is 10.8. The molecular formula is C32H62O4. The van der Waals surface area contributed by atoms with Gasteiger partial charge in [0.15, 0.2) is 0 Å². The monoisotopic (exact) mass is 510 g/mol. The van der Waals surface area contributed by atoms with E-state index in [1.165, 1.54) is 103 Å². The van der Waals surface area contributed by atoms with Crippen molar-refractivity contribution < 1.29 is 19.1 Å². The minimum Gasteiger partial charge on any atom is -0.466 e. The molecule has 0 aromatic heterocycles. The Morgan fingerprint density at radius 2 is 0.889 bits per heavy atom. The summed E-state index contributed by atoms with van der Waals surface area (Å²) in [5, 5.41) is 0. The number of hydrogen-bond donors (Lipinski definition) is 0. The van der Waals surface area contributed by atoms with Gasteiger partial charge in [0, 0.05) is 12.8 Å². The Balaban J connectivity index is 3.47. The smallest absolute Gasteiger partial charge is 0.305 e. The van der Waals surface area contributed by atoms with Crippen molar-refractivity contribution in [2.45, 2.75) is 175 Å². The van der Waals surface area contributed by atoms with Gasteiger partial charge < -0.3 is 9.47 Å². The average Bonchev–Trinajstić information content (AvgIpc) is 2.88. The van der Waals surface area contributed by atoms with Crippen molar-refractivity contribution >= 4 is 11.9 Å². The number of ether oxygens (including phenoxy) is 2. The molecule has 4 heteroatoms. The number of hydrogen-bond acceptors (Lipinski definition) is 4. The first-order valence-electron chi connectivity index (χ1n) is 15.9. The van der Waals surface area contributed by atoms with Crippen LogP contribution in [0.25, 0.3) is 0 Å². The molecule has 0 radical (unpaired) electrons. The number of rotatable bonds is 28. The zero-order chi connectivity index (χ0) is 26.5. The van der Waals surface area contributed by atoms with Gasteiger partial charge in [-0.15, -0.1) is 0 Å². The maximum atomic E-state index is 12.0. The molecule has 0 aromatic rings. The van der Waals surface area contributed by atoms with Crippen molar-refractivity contribution in [3.8, 4) is 0 Å². The van der Waals surface area contributed by atoms with E-state index in [0.717, 1.165) is 38.5 Å². The molecule has 0 N–H and O–H groups in total. The first-order chi connectivity index (χ1) is 17.6. The second kappa shape index (κ2) is 28.5. The van der Waals surface area contributed by atoms with Gasteiger partial charge in [-0.2, -0.15) is 0 Å². The van der Waals surface area contributed by atoms with Gasteiger partial charge in [0.2, 0.25) is 0 Å². The lowest BCUT2D eigenvalue weighted by Crippen LogP contribution is -2.09. The van der Waals surface area contributed by atoms with E-state index in [1.807, 2.05) is 0 Å². The molecule has 0 saturated heterocycles. The Morgan fingerprint density at radius 1 is 0.472 bits per heavy atom. The summed E-state index contributed by atoms with van der Waals surface area (Å²) in [4.78, 5) is 23.8. The van der Waals surface area contributed by atoms with E-state index in [4.69, 9.17) is 9.47 Å². The predicted molar refractivity (Wildman–Crippen MR) is 153 cm³/mol. The second-order valence-electron chi connectivity index (χ2n) is 10.8. The standard InChI is InChI=1S/C32H62O4/c1-4-7-9-11-18-22-28-35-31(33)25-21-17-15-13-14-16-20-24-30(6-3)26-27-32(34)36-29-23-19-12-10-8-5-2/h30H,4-29H2,1-3H3. The predicted octanol–water partition coefficient (Wildman–Crippen LogP) is 10.1. The number of carbonyl (C=O) groups excluding carboxylic acids is 2. The van der Waals surface area contributed by atoms with Crippen molar-refractivity contribution in [3.05, 3.63) is 0 Å². The van der Waals surface area contributed by atoms with Gasteiger partial charge in [-0.25, -0.2) is 0 Å². The maximum absolute atomic E-state index is 12.0. The van der Waals surface area contributed by atoms with Crippen LogP contribution in [-0.4, -0.2) is 25.2 Å². The van der Waals surface area contributed by atoms with Gasteiger partial charge in [0.05, 0.1) is 13.2 Å². The molecule has 0 aliphatic carbocycles. The first kappa shape index (κ1) is 34.9. The molecule has 0 spiro atoms. The summed E-state index contributed by atoms with van der Waals surface area (Å²) < 4.78 is 10.8. The third kappa shape index (κ3) is 26.0. The molecule has 0 heterocycles. The molecule has 0 saturated carbocycles. The van der Waals surface area contributed by atoms with Gasteiger partial charge in [0.25, 0.3) is 0 Å². The van der Waals surface area contributed by atoms with Gasteiger partial charge in [-0.3, -0.25) is 9.59 Å². The molecule has 0 bridgehead atoms. The van der Waals surface area contributed by atoms with Gasteiger partial charge in [0.1, 0.15) is 0 Å². The lowest BCUT2D eigenvalue weighted by Gasteiger charge is -2.14. The SMILES string of the molecule is CCCCCCCCOC(=O)CCCCCCCCCC(CC)CCC(=O)OCCCCCCCC. The van der Waals surface area contributed by atoms with Crippen LogP contribution in [0.5, 0.6) is 0 Å². The fourth-order valence-corrected chi connectivity index (χ4v) is 4.74. The average molecular weight is 511 g/mol. The summed E-state index contributed by atoms with van der Waals surface area (Å²) in [6.45, 7) is 7.90. The Bertz CT molecular complexity index is 477. The van der Waals surface area contributed by atoms with Crippen LogP contribution in [-0.2, 0) is 19.1 Å².